The topological polar surface area (TPSA) is 53.8 Å². The van der Waals surface area contributed by atoms with Crippen molar-refractivity contribution >= 4 is 11.8 Å². The molecular weight excluding hydrogens is 220 g/mol. The van der Waals surface area contributed by atoms with E-state index in [0.717, 1.165) is 11.3 Å². The Bertz CT molecular complexity index is 445. The SMILES string of the molecule is Cc1cc(C(=O)N2CCN(C)C(=O)C2)oc1C. The van der Waals surface area contributed by atoms with Crippen LogP contribution in [0.3, 0.4) is 0 Å². The van der Waals surface area contributed by atoms with Crippen LogP contribution in [0.15, 0.2) is 10.5 Å². The molecule has 0 unspecified atom stereocenters. The predicted molar refractivity (Wildman–Crippen MR) is 61.7 cm³/mol. The maximum absolute atomic E-state index is 12.1. The molecule has 2 heterocycles. The van der Waals surface area contributed by atoms with Gasteiger partial charge in [0.1, 0.15) is 12.3 Å². The lowest BCUT2D eigenvalue weighted by Gasteiger charge is -2.31. The highest BCUT2D eigenvalue weighted by atomic mass is 16.4. The molecule has 1 fully saturated rings. The van der Waals surface area contributed by atoms with Crippen LogP contribution in [0.25, 0.3) is 0 Å². The minimum Gasteiger partial charge on any atom is -0.456 e. The number of aryl methyl sites for hydroxylation is 2. The van der Waals surface area contributed by atoms with Gasteiger partial charge in [0.15, 0.2) is 5.76 Å². The van der Waals surface area contributed by atoms with Crippen molar-refractivity contribution in [2.45, 2.75) is 13.8 Å². The molecular formula is C12H16N2O3. The Morgan fingerprint density at radius 2 is 2.06 bits per heavy atom. The Kier molecular flexibility index (Phi) is 2.92. The maximum Gasteiger partial charge on any atom is 0.290 e. The monoisotopic (exact) mass is 236 g/mol. The van der Waals surface area contributed by atoms with Gasteiger partial charge in [0, 0.05) is 20.1 Å². The smallest absolute Gasteiger partial charge is 0.290 e. The number of piperazine rings is 1. The summed E-state index contributed by atoms with van der Waals surface area (Å²) in [5.41, 5.74) is 0.953. The molecule has 0 N–H and O–H groups in total. The lowest BCUT2D eigenvalue weighted by Crippen LogP contribution is -2.50. The number of carbonyl (C=O) groups is 2. The first kappa shape index (κ1) is 11.7. The van der Waals surface area contributed by atoms with Crippen LogP contribution in [0.1, 0.15) is 21.9 Å². The van der Waals surface area contributed by atoms with Crippen LogP contribution in [-0.2, 0) is 4.79 Å². The zero-order chi connectivity index (χ0) is 12.6. The molecule has 1 aromatic heterocycles. The number of likely N-dealkylation sites (N-methyl/N-ethyl adjacent to an activating group) is 1. The molecule has 92 valence electrons. The Hall–Kier alpha value is -1.78. The van der Waals surface area contributed by atoms with E-state index in [1.807, 2.05) is 13.8 Å². The average Bonchev–Trinajstić information content (AvgIpc) is 2.62. The summed E-state index contributed by atoms with van der Waals surface area (Å²) in [4.78, 5) is 26.7. The zero-order valence-corrected chi connectivity index (χ0v) is 10.3. The van der Waals surface area contributed by atoms with Crippen LogP contribution in [0, 0.1) is 13.8 Å². The highest BCUT2D eigenvalue weighted by molar-refractivity contribution is 5.95. The van der Waals surface area contributed by atoms with Gasteiger partial charge >= 0.3 is 0 Å². The quantitative estimate of drug-likeness (QED) is 0.725. The highest BCUT2D eigenvalue weighted by Crippen LogP contribution is 2.16. The third kappa shape index (κ3) is 2.18. The second-order valence-electron chi connectivity index (χ2n) is 4.39. The molecule has 0 aliphatic carbocycles. The van der Waals surface area contributed by atoms with E-state index in [1.54, 1.807) is 18.0 Å². The largest absolute Gasteiger partial charge is 0.456 e. The lowest BCUT2D eigenvalue weighted by molar-refractivity contribution is -0.133. The molecule has 0 radical (unpaired) electrons. The normalized spacial score (nSPS) is 16.5. The molecule has 17 heavy (non-hydrogen) atoms. The third-order valence-corrected chi connectivity index (χ3v) is 3.12. The Morgan fingerprint density at radius 1 is 1.35 bits per heavy atom. The molecule has 2 rings (SSSR count). The van der Waals surface area contributed by atoms with Crippen LogP contribution in [0.5, 0.6) is 0 Å². The molecule has 0 spiro atoms. The Morgan fingerprint density at radius 3 is 2.59 bits per heavy atom. The summed E-state index contributed by atoms with van der Waals surface area (Å²) < 4.78 is 5.38. The molecule has 1 aliphatic heterocycles. The van der Waals surface area contributed by atoms with E-state index >= 15 is 0 Å². The Labute approximate surface area is 100.0 Å². The molecule has 5 heteroatoms. The van der Waals surface area contributed by atoms with Gasteiger partial charge in [0.05, 0.1) is 0 Å². The van der Waals surface area contributed by atoms with Gasteiger partial charge in [-0.3, -0.25) is 9.59 Å². The van der Waals surface area contributed by atoms with E-state index in [4.69, 9.17) is 4.42 Å². The molecule has 1 aromatic rings. The number of nitrogens with zero attached hydrogens (tertiary/aromatic N) is 2. The highest BCUT2D eigenvalue weighted by Gasteiger charge is 2.27. The minimum absolute atomic E-state index is 0.0374. The molecule has 0 saturated carbocycles. The van der Waals surface area contributed by atoms with Gasteiger partial charge in [-0.25, -0.2) is 0 Å². The summed E-state index contributed by atoms with van der Waals surface area (Å²) in [5.74, 6) is 0.818. The predicted octanol–water partition coefficient (Wildman–Crippen LogP) is 0.811. The molecule has 0 atom stereocenters. The zero-order valence-electron chi connectivity index (χ0n) is 10.3. The van der Waals surface area contributed by atoms with Crippen molar-refractivity contribution in [3.63, 3.8) is 0 Å². The minimum atomic E-state index is -0.206. The summed E-state index contributed by atoms with van der Waals surface area (Å²) in [6.45, 7) is 4.98. The van der Waals surface area contributed by atoms with Gasteiger partial charge in [-0.2, -0.15) is 0 Å². The fourth-order valence-electron chi connectivity index (χ4n) is 1.77. The number of carbonyl (C=O) groups excluding carboxylic acids is 2. The summed E-state index contributed by atoms with van der Waals surface area (Å²) in [6, 6.07) is 1.72. The van der Waals surface area contributed by atoms with Crippen molar-refractivity contribution in [3.05, 3.63) is 23.2 Å². The fourth-order valence-corrected chi connectivity index (χ4v) is 1.77. The number of furan rings is 1. The van der Waals surface area contributed by atoms with Crippen molar-refractivity contribution in [2.24, 2.45) is 0 Å². The van der Waals surface area contributed by atoms with Gasteiger partial charge in [0.2, 0.25) is 5.91 Å². The van der Waals surface area contributed by atoms with Crippen LogP contribution in [0.4, 0.5) is 0 Å². The first-order chi connectivity index (χ1) is 7.99. The lowest BCUT2D eigenvalue weighted by atomic mass is 10.2. The molecule has 2 amide bonds. The average molecular weight is 236 g/mol. The van der Waals surface area contributed by atoms with Crippen molar-refractivity contribution in [1.29, 1.82) is 0 Å². The molecule has 0 aromatic carbocycles. The number of hydrogen-bond acceptors (Lipinski definition) is 3. The van der Waals surface area contributed by atoms with E-state index < -0.39 is 0 Å². The van der Waals surface area contributed by atoms with Crippen LogP contribution < -0.4 is 0 Å². The van der Waals surface area contributed by atoms with Gasteiger partial charge in [-0.1, -0.05) is 0 Å². The van der Waals surface area contributed by atoms with Gasteiger partial charge in [0.25, 0.3) is 5.91 Å². The van der Waals surface area contributed by atoms with Crippen LogP contribution in [0.2, 0.25) is 0 Å². The van der Waals surface area contributed by atoms with E-state index in [-0.39, 0.29) is 18.4 Å². The fraction of sp³-hybridized carbons (Fsp3) is 0.500. The second kappa shape index (κ2) is 4.24. The van der Waals surface area contributed by atoms with Crippen molar-refractivity contribution in [2.75, 3.05) is 26.7 Å². The summed E-state index contributed by atoms with van der Waals surface area (Å²) >= 11 is 0. The first-order valence-electron chi connectivity index (χ1n) is 5.59. The second-order valence-corrected chi connectivity index (χ2v) is 4.39. The molecule has 5 nitrogen and oxygen atoms in total. The van der Waals surface area contributed by atoms with Crippen LogP contribution >= 0.6 is 0 Å². The van der Waals surface area contributed by atoms with Crippen molar-refractivity contribution < 1.29 is 14.0 Å². The first-order valence-corrected chi connectivity index (χ1v) is 5.59. The van der Waals surface area contributed by atoms with Gasteiger partial charge < -0.3 is 14.2 Å². The maximum atomic E-state index is 12.1. The van der Waals surface area contributed by atoms with Crippen molar-refractivity contribution in [3.8, 4) is 0 Å². The van der Waals surface area contributed by atoms with Gasteiger partial charge in [-0.15, -0.1) is 0 Å². The summed E-state index contributed by atoms with van der Waals surface area (Å²) in [5, 5.41) is 0. The number of rotatable bonds is 1. The standard InChI is InChI=1S/C12H16N2O3/c1-8-6-10(17-9(8)2)12(16)14-5-4-13(3)11(15)7-14/h6H,4-5,7H2,1-3H3. The van der Waals surface area contributed by atoms with Crippen molar-refractivity contribution in [1.82, 2.24) is 9.80 Å². The van der Waals surface area contributed by atoms with E-state index in [9.17, 15) is 9.59 Å². The summed E-state index contributed by atoms with van der Waals surface area (Å²) in [7, 11) is 1.74. The van der Waals surface area contributed by atoms with E-state index in [2.05, 4.69) is 0 Å². The molecule has 1 saturated heterocycles. The summed E-state index contributed by atoms with van der Waals surface area (Å²) in [6.07, 6.45) is 0. The van der Waals surface area contributed by atoms with E-state index in [0.29, 0.717) is 18.8 Å². The third-order valence-electron chi connectivity index (χ3n) is 3.12. The van der Waals surface area contributed by atoms with E-state index in [1.165, 1.54) is 4.90 Å². The van der Waals surface area contributed by atoms with Gasteiger partial charge in [-0.05, 0) is 25.5 Å². The van der Waals surface area contributed by atoms with Crippen LogP contribution in [-0.4, -0.2) is 48.3 Å². The molecule has 1 aliphatic rings. The number of hydrogen-bond donors (Lipinski definition) is 0. The molecule has 0 bridgehead atoms. The Balaban J connectivity index is 2.13. The number of amides is 2.